The molecule has 7 nitrogen and oxygen atoms in total. The van der Waals surface area contributed by atoms with Crippen LogP contribution in [0, 0.1) is 0 Å². The van der Waals surface area contributed by atoms with Crippen LogP contribution in [0.4, 0.5) is 0 Å². The Morgan fingerprint density at radius 3 is 2.89 bits per heavy atom. The van der Waals surface area contributed by atoms with E-state index in [4.69, 9.17) is 14.6 Å². The number of ether oxygens (including phenoxy) is 2. The molecule has 7 heteroatoms. The highest BCUT2D eigenvalue weighted by Gasteiger charge is 2.30. The number of carboxylic acid groups (broad SMARTS) is 1. The molecule has 2 aliphatic rings. The summed E-state index contributed by atoms with van der Waals surface area (Å²) in [6, 6.07) is -0.734. The third-order valence-electron chi connectivity index (χ3n) is 3.42. The normalized spacial score (nSPS) is 28.2. The smallest absolute Gasteiger partial charge is 0.323 e. The van der Waals surface area contributed by atoms with Crippen LogP contribution in [0.5, 0.6) is 0 Å². The zero-order valence-electron chi connectivity index (χ0n) is 10.8. The quantitative estimate of drug-likeness (QED) is 0.672. The molecule has 0 aromatic carbocycles. The topological polar surface area (TPSA) is 88.1 Å². The minimum absolute atomic E-state index is 0.0903. The lowest BCUT2D eigenvalue weighted by molar-refractivity contribution is -0.150. The predicted molar refractivity (Wildman–Crippen MR) is 65.8 cm³/mol. The van der Waals surface area contributed by atoms with Crippen molar-refractivity contribution in [2.45, 2.75) is 25.0 Å². The summed E-state index contributed by atoms with van der Waals surface area (Å²) in [4.78, 5) is 24.5. The van der Waals surface area contributed by atoms with E-state index in [0.717, 1.165) is 19.4 Å². The number of rotatable bonds is 5. The largest absolute Gasteiger partial charge is 0.480 e. The van der Waals surface area contributed by atoms with Crippen LogP contribution in [0.15, 0.2) is 0 Å². The Hall–Kier alpha value is -1.18. The number of morpholine rings is 1. The number of carbonyl (C=O) groups is 2. The molecule has 2 fully saturated rings. The molecule has 2 heterocycles. The highest BCUT2D eigenvalue weighted by atomic mass is 16.5. The SMILES string of the molecule is O=C(CN1CCOCC1C(=O)O)NCC1CCCO1. The Bertz CT molecular complexity index is 330. The van der Waals surface area contributed by atoms with E-state index in [-0.39, 0.29) is 25.2 Å². The van der Waals surface area contributed by atoms with Crippen molar-refractivity contribution in [1.29, 1.82) is 0 Å². The van der Waals surface area contributed by atoms with E-state index in [0.29, 0.717) is 19.7 Å². The Balaban J connectivity index is 1.74. The number of hydrogen-bond donors (Lipinski definition) is 2. The molecule has 2 N–H and O–H groups in total. The Kier molecular flexibility index (Phi) is 5.12. The van der Waals surface area contributed by atoms with Gasteiger partial charge in [-0.3, -0.25) is 14.5 Å². The molecule has 0 spiro atoms. The second-order valence-corrected chi connectivity index (χ2v) is 4.84. The molecule has 0 saturated carbocycles. The zero-order valence-corrected chi connectivity index (χ0v) is 10.8. The molecular weight excluding hydrogens is 252 g/mol. The first-order valence-corrected chi connectivity index (χ1v) is 6.59. The molecule has 0 radical (unpaired) electrons. The summed E-state index contributed by atoms with van der Waals surface area (Å²) in [5.74, 6) is -1.12. The maximum atomic E-state index is 11.8. The van der Waals surface area contributed by atoms with Crippen LogP contribution in [0.1, 0.15) is 12.8 Å². The highest BCUT2D eigenvalue weighted by molar-refractivity contribution is 5.80. The number of hydrogen-bond acceptors (Lipinski definition) is 5. The van der Waals surface area contributed by atoms with Crippen molar-refractivity contribution in [1.82, 2.24) is 10.2 Å². The molecule has 0 bridgehead atoms. The molecule has 0 aliphatic carbocycles. The van der Waals surface area contributed by atoms with Crippen molar-refractivity contribution >= 4 is 11.9 Å². The molecule has 19 heavy (non-hydrogen) atoms. The Labute approximate surface area is 111 Å². The molecule has 2 rings (SSSR count). The van der Waals surface area contributed by atoms with E-state index < -0.39 is 12.0 Å². The van der Waals surface area contributed by atoms with Crippen LogP contribution in [0.2, 0.25) is 0 Å². The van der Waals surface area contributed by atoms with Crippen LogP contribution in [-0.4, -0.2) is 73.5 Å². The zero-order chi connectivity index (χ0) is 13.7. The third-order valence-corrected chi connectivity index (χ3v) is 3.42. The van der Waals surface area contributed by atoms with Gasteiger partial charge >= 0.3 is 5.97 Å². The number of nitrogens with one attached hydrogen (secondary N) is 1. The second kappa shape index (κ2) is 6.83. The predicted octanol–water partition coefficient (Wildman–Crippen LogP) is -0.933. The number of carbonyl (C=O) groups excluding carboxylic acids is 1. The minimum Gasteiger partial charge on any atom is -0.480 e. The van der Waals surface area contributed by atoms with E-state index >= 15 is 0 Å². The van der Waals surface area contributed by atoms with Crippen molar-refractivity contribution in [3.05, 3.63) is 0 Å². The van der Waals surface area contributed by atoms with E-state index in [2.05, 4.69) is 5.32 Å². The first-order valence-electron chi connectivity index (χ1n) is 6.59. The van der Waals surface area contributed by atoms with Gasteiger partial charge in [0.15, 0.2) is 0 Å². The van der Waals surface area contributed by atoms with Crippen molar-refractivity contribution in [3.8, 4) is 0 Å². The summed E-state index contributed by atoms with van der Waals surface area (Å²) in [6.45, 7) is 2.40. The Morgan fingerprint density at radius 1 is 1.37 bits per heavy atom. The molecule has 2 unspecified atom stereocenters. The molecule has 108 valence electrons. The standard InChI is InChI=1S/C12H20N2O5/c15-11(13-6-9-2-1-4-19-9)7-14-3-5-18-8-10(14)12(16)17/h9-10H,1-8H2,(H,13,15)(H,16,17). The van der Waals surface area contributed by atoms with Gasteiger partial charge in [-0.05, 0) is 12.8 Å². The summed E-state index contributed by atoms with van der Waals surface area (Å²) >= 11 is 0. The van der Waals surface area contributed by atoms with Crippen molar-refractivity contribution in [2.24, 2.45) is 0 Å². The van der Waals surface area contributed by atoms with Gasteiger partial charge in [-0.15, -0.1) is 0 Å². The third kappa shape index (κ3) is 4.15. The van der Waals surface area contributed by atoms with E-state index in [9.17, 15) is 9.59 Å². The number of carboxylic acids is 1. The highest BCUT2D eigenvalue weighted by Crippen LogP contribution is 2.11. The van der Waals surface area contributed by atoms with Gasteiger partial charge in [-0.2, -0.15) is 0 Å². The molecule has 1 amide bonds. The second-order valence-electron chi connectivity index (χ2n) is 4.84. The summed E-state index contributed by atoms with van der Waals surface area (Å²) in [5, 5.41) is 11.8. The first kappa shape index (κ1) is 14.2. The van der Waals surface area contributed by atoms with Gasteiger partial charge in [0.2, 0.25) is 5.91 Å². The van der Waals surface area contributed by atoms with Gasteiger partial charge in [-0.1, -0.05) is 0 Å². The van der Waals surface area contributed by atoms with Gasteiger partial charge in [-0.25, -0.2) is 0 Å². The summed E-state index contributed by atoms with van der Waals surface area (Å²) in [6.07, 6.45) is 2.10. The summed E-state index contributed by atoms with van der Waals surface area (Å²) < 4.78 is 10.5. The number of nitrogens with zero attached hydrogens (tertiary/aromatic N) is 1. The maximum Gasteiger partial charge on any atom is 0.323 e. The molecule has 2 saturated heterocycles. The van der Waals surface area contributed by atoms with Gasteiger partial charge < -0.3 is 19.9 Å². The number of aliphatic carboxylic acids is 1. The van der Waals surface area contributed by atoms with E-state index in [1.165, 1.54) is 0 Å². The minimum atomic E-state index is -0.952. The van der Waals surface area contributed by atoms with Crippen molar-refractivity contribution in [3.63, 3.8) is 0 Å². The van der Waals surface area contributed by atoms with Crippen molar-refractivity contribution < 1.29 is 24.2 Å². The molecule has 0 aromatic heterocycles. The lowest BCUT2D eigenvalue weighted by atomic mass is 10.2. The van der Waals surface area contributed by atoms with Gasteiger partial charge in [0.05, 0.1) is 25.9 Å². The van der Waals surface area contributed by atoms with Crippen LogP contribution in [0.25, 0.3) is 0 Å². The first-order chi connectivity index (χ1) is 9.16. The van der Waals surface area contributed by atoms with Gasteiger partial charge in [0, 0.05) is 19.7 Å². The van der Waals surface area contributed by atoms with Crippen LogP contribution in [0.3, 0.4) is 0 Å². The lowest BCUT2D eigenvalue weighted by Crippen LogP contribution is -2.53. The van der Waals surface area contributed by atoms with Crippen LogP contribution < -0.4 is 5.32 Å². The molecular formula is C12H20N2O5. The van der Waals surface area contributed by atoms with Gasteiger partial charge in [0.1, 0.15) is 6.04 Å². The van der Waals surface area contributed by atoms with Gasteiger partial charge in [0.25, 0.3) is 0 Å². The summed E-state index contributed by atoms with van der Waals surface area (Å²) in [7, 11) is 0. The fourth-order valence-corrected chi connectivity index (χ4v) is 2.33. The molecule has 0 aromatic rings. The number of amides is 1. The monoisotopic (exact) mass is 272 g/mol. The fraction of sp³-hybridized carbons (Fsp3) is 0.833. The average Bonchev–Trinajstić information content (AvgIpc) is 2.90. The average molecular weight is 272 g/mol. The maximum absolute atomic E-state index is 11.8. The van der Waals surface area contributed by atoms with Crippen LogP contribution in [-0.2, 0) is 19.1 Å². The fourth-order valence-electron chi connectivity index (χ4n) is 2.33. The van der Waals surface area contributed by atoms with E-state index in [1.54, 1.807) is 4.90 Å². The Morgan fingerprint density at radius 2 is 2.21 bits per heavy atom. The van der Waals surface area contributed by atoms with Crippen LogP contribution >= 0.6 is 0 Å². The lowest BCUT2D eigenvalue weighted by Gasteiger charge is -2.32. The van der Waals surface area contributed by atoms with E-state index in [1.807, 2.05) is 0 Å². The summed E-state index contributed by atoms with van der Waals surface area (Å²) in [5.41, 5.74) is 0. The molecule has 2 aliphatic heterocycles. The van der Waals surface area contributed by atoms with Crippen molar-refractivity contribution in [2.75, 3.05) is 39.5 Å². The molecule has 2 atom stereocenters.